The average Bonchev–Trinajstić information content (AvgIpc) is 2.44. The Morgan fingerprint density at radius 1 is 1.53 bits per heavy atom. The minimum atomic E-state index is -3.08. The van der Waals surface area contributed by atoms with Gasteiger partial charge in [-0.1, -0.05) is 13.8 Å². The quantitative estimate of drug-likeness (QED) is 0.811. The molecule has 1 aromatic heterocycles. The fraction of sp³-hybridized carbons (Fsp3) is 0.556. The van der Waals surface area contributed by atoms with Crippen molar-refractivity contribution in [1.29, 1.82) is 5.26 Å². The van der Waals surface area contributed by atoms with Crippen LogP contribution in [0.2, 0.25) is 0 Å². The molecule has 4 nitrogen and oxygen atoms in total. The van der Waals surface area contributed by atoms with Gasteiger partial charge < -0.3 is 0 Å². The fourth-order valence-electron chi connectivity index (χ4n) is 1.14. The van der Waals surface area contributed by atoms with E-state index in [1.807, 2.05) is 19.9 Å². The Hall–Kier alpha value is -0.930. The van der Waals surface area contributed by atoms with Crippen LogP contribution in [0.5, 0.6) is 0 Å². The number of nitrogens with zero attached hydrogens (tertiary/aromatic N) is 2. The number of nitriles is 1. The van der Waals surface area contributed by atoms with E-state index in [0.29, 0.717) is 15.6 Å². The Morgan fingerprint density at radius 3 is 2.47 bits per heavy atom. The molecule has 0 aliphatic rings. The van der Waals surface area contributed by atoms with E-state index in [0.717, 1.165) is 17.6 Å². The van der Waals surface area contributed by atoms with Crippen molar-refractivity contribution in [3.63, 3.8) is 0 Å². The Bertz CT molecular complexity index is 495. The highest BCUT2D eigenvalue weighted by Crippen LogP contribution is 2.25. The third-order valence-electron chi connectivity index (χ3n) is 1.73. The molecule has 0 atom stereocenters. The highest BCUT2D eigenvalue weighted by molar-refractivity contribution is 7.90. The Balaban J connectivity index is 3.10. The van der Waals surface area contributed by atoms with Gasteiger partial charge in [0.1, 0.15) is 21.7 Å². The molecule has 15 heavy (non-hydrogen) atoms. The molecule has 0 radical (unpaired) electrons. The molecule has 0 spiro atoms. The summed E-state index contributed by atoms with van der Waals surface area (Å²) < 4.78 is 22.1. The van der Waals surface area contributed by atoms with E-state index in [2.05, 4.69) is 4.98 Å². The molecule has 0 bridgehead atoms. The van der Waals surface area contributed by atoms with Crippen molar-refractivity contribution >= 4 is 21.2 Å². The lowest BCUT2D eigenvalue weighted by molar-refractivity contribution is 0.601. The predicted octanol–water partition coefficient (Wildman–Crippen LogP) is 1.68. The summed E-state index contributed by atoms with van der Waals surface area (Å²) in [6.45, 7) is 3.86. The van der Waals surface area contributed by atoms with E-state index in [1.54, 1.807) is 0 Å². The first-order valence-electron chi connectivity index (χ1n) is 4.41. The molecule has 0 amide bonds. The smallest absolute Gasteiger partial charge is 0.153 e. The van der Waals surface area contributed by atoms with Crippen LogP contribution in [0.15, 0.2) is 0 Å². The lowest BCUT2D eigenvalue weighted by Crippen LogP contribution is -2.00. The molecule has 6 heteroatoms. The molecule has 0 saturated carbocycles. The minimum absolute atomic E-state index is 0.0843. The van der Waals surface area contributed by atoms with Crippen molar-refractivity contribution in [2.75, 3.05) is 6.26 Å². The fourth-order valence-corrected chi connectivity index (χ4v) is 3.34. The summed E-state index contributed by atoms with van der Waals surface area (Å²) in [5.41, 5.74) is 0.696. The molecule has 0 fully saturated rings. The molecule has 1 heterocycles. The van der Waals surface area contributed by atoms with Crippen LogP contribution in [0.3, 0.4) is 0 Å². The van der Waals surface area contributed by atoms with Crippen molar-refractivity contribution in [3.05, 3.63) is 15.6 Å². The lowest BCUT2D eigenvalue weighted by atomic mass is 10.1. The van der Waals surface area contributed by atoms with E-state index >= 15 is 0 Å². The Morgan fingerprint density at radius 2 is 2.13 bits per heavy atom. The molecule has 1 aromatic rings. The number of rotatable bonds is 3. The van der Waals surface area contributed by atoms with Crippen molar-refractivity contribution in [1.82, 2.24) is 4.98 Å². The van der Waals surface area contributed by atoms with Crippen LogP contribution in [0, 0.1) is 11.3 Å². The van der Waals surface area contributed by atoms with Crippen LogP contribution in [-0.4, -0.2) is 19.7 Å². The van der Waals surface area contributed by atoms with Crippen molar-refractivity contribution in [3.8, 4) is 6.07 Å². The Labute approximate surface area is 93.5 Å². The van der Waals surface area contributed by atoms with E-state index in [9.17, 15) is 8.42 Å². The molecule has 1 rings (SSSR count). The van der Waals surface area contributed by atoms with Gasteiger partial charge in [-0.05, 0) is 5.92 Å². The maximum atomic E-state index is 11.1. The van der Waals surface area contributed by atoms with Crippen LogP contribution >= 0.6 is 11.3 Å². The van der Waals surface area contributed by atoms with Gasteiger partial charge in [0.25, 0.3) is 0 Å². The minimum Gasteiger partial charge on any atom is -0.243 e. The molecule has 82 valence electrons. The van der Waals surface area contributed by atoms with E-state index in [1.165, 1.54) is 0 Å². The number of aromatic nitrogens is 1. The van der Waals surface area contributed by atoms with Gasteiger partial charge in [-0.3, -0.25) is 0 Å². The number of hydrogen-bond acceptors (Lipinski definition) is 5. The average molecular weight is 244 g/mol. The van der Waals surface area contributed by atoms with Crippen LogP contribution in [0.1, 0.15) is 35.3 Å². The van der Waals surface area contributed by atoms with Crippen molar-refractivity contribution in [2.45, 2.75) is 25.5 Å². The van der Waals surface area contributed by atoms with E-state index in [4.69, 9.17) is 5.26 Å². The summed E-state index contributed by atoms with van der Waals surface area (Å²) >= 11 is 1.16. The van der Waals surface area contributed by atoms with E-state index < -0.39 is 9.84 Å². The molecule has 0 aromatic carbocycles. The van der Waals surface area contributed by atoms with Gasteiger partial charge in [-0.2, -0.15) is 5.26 Å². The van der Waals surface area contributed by atoms with Crippen LogP contribution in [0.4, 0.5) is 0 Å². The zero-order valence-electron chi connectivity index (χ0n) is 8.81. The van der Waals surface area contributed by atoms with Crippen LogP contribution in [-0.2, 0) is 15.6 Å². The first-order chi connectivity index (χ1) is 6.83. The first kappa shape index (κ1) is 12.1. The zero-order chi connectivity index (χ0) is 11.6. The predicted molar refractivity (Wildman–Crippen MR) is 59.5 cm³/mol. The van der Waals surface area contributed by atoms with Gasteiger partial charge >= 0.3 is 0 Å². The standard InChI is InChI=1S/C9H12N2O2S2/c1-6(2)9-7(4-10)14-8(11-9)5-15(3,12)13/h6H,5H2,1-3H3. The van der Waals surface area contributed by atoms with Gasteiger partial charge in [-0.15, -0.1) is 11.3 Å². The zero-order valence-corrected chi connectivity index (χ0v) is 10.4. The Kier molecular flexibility index (Phi) is 3.47. The maximum absolute atomic E-state index is 11.1. The molecule has 0 saturated heterocycles. The summed E-state index contributed by atoms with van der Waals surface area (Å²) in [6.07, 6.45) is 1.16. The molecule has 0 N–H and O–H groups in total. The monoisotopic (exact) mass is 244 g/mol. The number of hydrogen-bond donors (Lipinski definition) is 0. The van der Waals surface area contributed by atoms with Crippen LogP contribution in [0.25, 0.3) is 0 Å². The first-order valence-corrected chi connectivity index (χ1v) is 7.28. The van der Waals surface area contributed by atoms with Crippen molar-refractivity contribution < 1.29 is 8.42 Å². The summed E-state index contributed by atoms with van der Waals surface area (Å²) in [5.74, 6) is 0.0585. The van der Waals surface area contributed by atoms with Gasteiger partial charge in [0.15, 0.2) is 9.84 Å². The number of sulfone groups is 1. The largest absolute Gasteiger partial charge is 0.243 e. The molecule has 0 aliphatic carbocycles. The van der Waals surface area contributed by atoms with Gasteiger partial charge in [0.05, 0.1) is 5.69 Å². The summed E-state index contributed by atoms with van der Waals surface area (Å²) in [4.78, 5) is 4.70. The second-order valence-electron chi connectivity index (χ2n) is 3.66. The third-order valence-corrected chi connectivity index (χ3v) is 3.69. The normalized spacial score (nSPS) is 11.7. The summed E-state index contributed by atoms with van der Waals surface area (Å²) in [7, 11) is -3.08. The second kappa shape index (κ2) is 4.29. The molecule has 0 aliphatic heterocycles. The highest BCUT2D eigenvalue weighted by Gasteiger charge is 2.16. The molecule has 0 unspecified atom stereocenters. The summed E-state index contributed by atoms with van der Waals surface area (Å²) in [5, 5.41) is 9.35. The van der Waals surface area contributed by atoms with Gasteiger partial charge in [0, 0.05) is 6.26 Å². The number of thiazole rings is 1. The SMILES string of the molecule is CC(C)c1nc(CS(C)(=O)=O)sc1C#N. The summed E-state index contributed by atoms with van der Waals surface area (Å²) in [6, 6.07) is 2.04. The van der Waals surface area contributed by atoms with Crippen molar-refractivity contribution in [2.24, 2.45) is 0 Å². The molecular weight excluding hydrogens is 232 g/mol. The topological polar surface area (TPSA) is 70.8 Å². The lowest BCUT2D eigenvalue weighted by Gasteiger charge is -1.98. The molecular formula is C9H12N2O2S2. The third kappa shape index (κ3) is 3.29. The van der Waals surface area contributed by atoms with Gasteiger partial charge in [-0.25, -0.2) is 13.4 Å². The van der Waals surface area contributed by atoms with Gasteiger partial charge in [0.2, 0.25) is 0 Å². The highest BCUT2D eigenvalue weighted by atomic mass is 32.2. The van der Waals surface area contributed by atoms with E-state index in [-0.39, 0.29) is 11.7 Å². The second-order valence-corrected chi connectivity index (χ2v) is 6.88. The maximum Gasteiger partial charge on any atom is 0.153 e. The van der Waals surface area contributed by atoms with Crippen LogP contribution < -0.4 is 0 Å².